The summed E-state index contributed by atoms with van der Waals surface area (Å²) >= 11 is 0. The van der Waals surface area contributed by atoms with E-state index >= 15 is 0 Å². The van der Waals surface area contributed by atoms with E-state index in [-0.39, 0.29) is 10.8 Å². The van der Waals surface area contributed by atoms with E-state index in [1.54, 1.807) is 26.0 Å². The van der Waals surface area contributed by atoms with Crippen LogP contribution in [0.25, 0.3) is 0 Å². The van der Waals surface area contributed by atoms with Gasteiger partial charge in [-0.15, -0.1) is 0 Å². The average molecular weight is 338 g/mol. The molecule has 1 aromatic carbocycles. The van der Waals surface area contributed by atoms with Gasteiger partial charge in [0, 0.05) is 18.7 Å². The Hall–Kier alpha value is -1.40. The van der Waals surface area contributed by atoms with E-state index in [0.717, 1.165) is 32.5 Å². The predicted octanol–water partition coefficient (Wildman–Crippen LogP) is 1.94. The quantitative estimate of drug-likeness (QED) is 0.891. The highest BCUT2D eigenvalue weighted by molar-refractivity contribution is 7.92. The Balaban J connectivity index is 2.11. The molecule has 128 valence electrons. The summed E-state index contributed by atoms with van der Waals surface area (Å²) in [6.45, 7) is 5.75. The van der Waals surface area contributed by atoms with Crippen molar-refractivity contribution in [1.29, 1.82) is 0 Å². The molecule has 1 fully saturated rings. The zero-order valence-electron chi connectivity index (χ0n) is 14.1. The van der Waals surface area contributed by atoms with E-state index in [0.29, 0.717) is 11.5 Å². The molecule has 0 unspecified atom stereocenters. The van der Waals surface area contributed by atoms with Crippen LogP contribution in [-0.2, 0) is 9.84 Å². The first-order valence-electron chi connectivity index (χ1n) is 8.14. The van der Waals surface area contributed by atoms with E-state index in [2.05, 4.69) is 5.32 Å². The lowest BCUT2D eigenvalue weighted by molar-refractivity contribution is 0.0674. The highest BCUT2D eigenvalue weighted by Crippen LogP contribution is 2.20. The summed E-state index contributed by atoms with van der Waals surface area (Å²) in [5.74, 6) is 0.470. The highest BCUT2D eigenvalue weighted by atomic mass is 32.2. The Kier molecular flexibility index (Phi) is 5.81. The van der Waals surface area contributed by atoms with Crippen molar-refractivity contribution in [3.05, 3.63) is 29.8 Å². The van der Waals surface area contributed by atoms with Gasteiger partial charge in [-0.2, -0.15) is 0 Å². The summed E-state index contributed by atoms with van der Waals surface area (Å²) in [4.78, 5) is 14.7. The molecule has 6 heteroatoms. The molecule has 1 aliphatic rings. The minimum absolute atomic E-state index is 0.0145. The van der Waals surface area contributed by atoms with Gasteiger partial charge < -0.3 is 10.2 Å². The number of nitrogens with zero attached hydrogens (tertiary/aromatic N) is 1. The number of carbonyl (C=O) groups excluding carboxylic acids is 1. The third-order valence-electron chi connectivity index (χ3n) is 4.35. The molecule has 1 aromatic rings. The fourth-order valence-corrected chi connectivity index (χ4v) is 4.01. The molecular formula is C17H26N2O3S. The van der Waals surface area contributed by atoms with Crippen LogP contribution in [0.4, 0.5) is 0 Å². The van der Waals surface area contributed by atoms with Crippen LogP contribution < -0.4 is 5.32 Å². The van der Waals surface area contributed by atoms with Gasteiger partial charge in [0.25, 0.3) is 5.91 Å². The number of sulfone groups is 1. The van der Waals surface area contributed by atoms with Crippen LogP contribution in [0.15, 0.2) is 29.2 Å². The van der Waals surface area contributed by atoms with Gasteiger partial charge >= 0.3 is 0 Å². The lowest BCUT2D eigenvalue weighted by atomic mass is 9.97. The summed E-state index contributed by atoms with van der Waals surface area (Å²) in [5.41, 5.74) is 0.554. The predicted molar refractivity (Wildman–Crippen MR) is 91.3 cm³/mol. The molecule has 0 radical (unpaired) electrons. The van der Waals surface area contributed by atoms with E-state index < -0.39 is 15.1 Å². The zero-order valence-corrected chi connectivity index (χ0v) is 14.9. The maximum absolute atomic E-state index is 12.6. The molecule has 0 saturated carbocycles. The van der Waals surface area contributed by atoms with Crippen LogP contribution in [0.1, 0.15) is 37.0 Å². The molecule has 0 aromatic heterocycles. The zero-order chi connectivity index (χ0) is 17.0. The van der Waals surface area contributed by atoms with Crippen LogP contribution in [0.5, 0.6) is 0 Å². The van der Waals surface area contributed by atoms with Gasteiger partial charge in [-0.1, -0.05) is 0 Å². The Labute approximate surface area is 139 Å². The van der Waals surface area contributed by atoms with Gasteiger partial charge in [-0.25, -0.2) is 8.42 Å². The number of likely N-dealkylation sites (tertiary alicyclic amines) is 1. The first kappa shape index (κ1) is 17.9. The topological polar surface area (TPSA) is 66.5 Å². The second-order valence-corrected chi connectivity index (χ2v) is 8.94. The molecule has 1 saturated heterocycles. The van der Waals surface area contributed by atoms with E-state index in [4.69, 9.17) is 0 Å². The number of rotatable bonds is 5. The Morgan fingerprint density at radius 2 is 1.96 bits per heavy atom. The van der Waals surface area contributed by atoms with Gasteiger partial charge in [0.05, 0.1) is 10.1 Å². The van der Waals surface area contributed by atoms with Crippen molar-refractivity contribution < 1.29 is 13.2 Å². The van der Waals surface area contributed by atoms with Crippen LogP contribution >= 0.6 is 0 Å². The summed E-state index contributed by atoms with van der Waals surface area (Å²) in [5, 5.41) is 2.70. The summed E-state index contributed by atoms with van der Waals surface area (Å²) < 4.78 is 24.3. The Morgan fingerprint density at radius 1 is 1.30 bits per heavy atom. The molecule has 1 N–H and O–H groups in total. The van der Waals surface area contributed by atoms with Crippen molar-refractivity contribution in [1.82, 2.24) is 10.2 Å². The van der Waals surface area contributed by atoms with Gasteiger partial charge in [0.2, 0.25) is 0 Å². The maximum atomic E-state index is 12.6. The maximum Gasteiger partial charge on any atom is 0.253 e. The Bertz CT molecular complexity index is 636. The molecule has 5 nitrogen and oxygen atoms in total. The van der Waals surface area contributed by atoms with Gasteiger partial charge in [-0.05, 0) is 70.5 Å². The summed E-state index contributed by atoms with van der Waals surface area (Å²) in [6.07, 6.45) is 2.15. The monoisotopic (exact) mass is 338 g/mol. The molecule has 0 aliphatic carbocycles. The number of piperidine rings is 1. The first-order valence-corrected chi connectivity index (χ1v) is 9.68. The third-order valence-corrected chi connectivity index (χ3v) is 6.52. The van der Waals surface area contributed by atoms with Crippen molar-refractivity contribution in [3.63, 3.8) is 0 Å². The molecule has 1 heterocycles. The van der Waals surface area contributed by atoms with Crippen LogP contribution in [-0.4, -0.2) is 51.2 Å². The standard InChI is InChI=1S/C17H26N2O3S/c1-13(2)23(21,22)16-8-6-15(7-9-16)17(20)19-10-4-5-14(12-19)11-18-3/h6-9,13-14,18H,4-5,10-12H2,1-3H3/t14-/m1/s1. The average Bonchev–Trinajstić information content (AvgIpc) is 2.54. The third kappa shape index (κ3) is 4.12. The largest absolute Gasteiger partial charge is 0.338 e. The first-order chi connectivity index (χ1) is 10.9. The van der Waals surface area contributed by atoms with E-state index in [9.17, 15) is 13.2 Å². The normalized spacial score (nSPS) is 19.1. The smallest absolute Gasteiger partial charge is 0.253 e. The minimum Gasteiger partial charge on any atom is -0.338 e. The van der Waals surface area contributed by atoms with Crippen LogP contribution in [0.2, 0.25) is 0 Å². The van der Waals surface area contributed by atoms with Crippen molar-refractivity contribution in [2.24, 2.45) is 5.92 Å². The van der Waals surface area contributed by atoms with E-state index in [1.807, 2.05) is 11.9 Å². The van der Waals surface area contributed by atoms with Crippen LogP contribution in [0, 0.1) is 5.92 Å². The molecule has 23 heavy (non-hydrogen) atoms. The van der Waals surface area contributed by atoms with Crippen LogP contribution in [0.3, 0.4) is 0 Å². The fraction of sp³-hybridized carbons (Fsp3) is 0.588. The summed E-state index contributed by atoms with van der Waals surface area (Å²) in [7, 11) is -1.37. The molecule has 1 atom stereocenters. The van der Waals surface area contributed by atoms with E-state index in [1.165, 1.54) is 12.1 Å². The van der Waals surface area contributed by atoms with Crippen molar-refractivity contribution in [2.75, 3.05) is 26.7 Å². The second kappa shape index (κ2) is 7.45. The van der Waals surface area contributed by atoms with Gasteiger partial charge in [0.1, 0.15) is 0 Å². The van der Waals surface area contributed by atoms with Crippen molar-refractivity contribution in [2.45, 2.75) is 36.8 Å². The molecule has 2 rings (SSSR count). The molecular weight excluding hydrogens is 312 g/mol. The number of amides is 1. The van der Waals surface area contributed by atoms with Gasteiger partial charge in [-0.3, -0.25) is 4.79 Å². The lowest BCUT2D eigenvalue weighted by Gasteiger charge is -2.32. The van der Waals surface area contributed by atoms with Crippen molar-refractivity contribution >= 4 is 15.7 Å². The highest BCUT2D eigenvalue weighted by Gasteiger charge is 2.25. The lowest BCUT2D eigenvalue weighted by Crippen LogP contribution is -2.42. The molecule has 0 spiro atoms. The SMILES string of the molecule is CNC[C@H]1CCCN(C(=O)c2ccc(S(=O)(=O)C(C)C)cc2)C1. The van der Waals surface area contributed by atoms with Gasteiger partial charge in [0.15, 0.2) is 9.84 Å². The Morgan fingerprint density at radius 3 is 2.52 bits per heavy atom. The number of hydrogen-bond acceptors (Lipinski definition) is 4. The summed E-state index contributed by atoms with van der Waals surface area (Å²) in [6, 6.07) is 6.33. The number of benzene rings is 1. The minimum atomic E-state index is -3.29. The number of carbonyl (C=O) groups is 1. The second-order valence-electron chi connectivity index (χ2n) is 6.44. The molecule has 1 amide bonds. The van der Waals surface area contributed by atoms with Crippen molar-refractivity contribution in [3.8, 4) is 0 Å². The number of hydrogen-bond donors (Lipinski definition) is 1. The number of nitrogens with one attached hydrogen (secondary N) is 1. The fourth-order valence-electron chi connectivity index (χ4n) is 2.95. The molecule has 0 bridgehead atoms. The molecule has 1 aliphatic heterocycles.